The molecule has 0 saturated heterocycles. The number of ether oxygens (including phenoxy) is 1. The maximum atomic E-state index is 12.0. The van der Waals surface area contributed by atoms with Crippen molar-refractivity contribution in [1.29, 1.82) is 0 Å². The molecule has 1 aromatic carbocycles. The topological polar surface area (TPSA) is 87.7 Å². The van der Waals surface area contributed by atoms with Gasteiger partial charge in [0.05, 0.1) is 13.2 Å². The lowest BCUT2D eigenvalue weighted by atomic mass is 10.3. The smallest absolute Gasteiger partial charge is 0.244 e. The van der Waals surface area contributed by atoms with E-state index < -0.39 is 16.1 Å². The minimum absolute atomic E-state index is 0.119. The summed E-state index contributed by atoms with van der Waals surface area (Å²) in [4.78, 5) is 0.119. The molecule has 1 unspecified atom stereocenters. The Kier molecular flexibility index (Phi) is 6.23. The van der Waals surface area contributed by atoms with Crippen LogP contribution in [-0.2, 0) is 10.0 Å². The third kappa shape index (κ3) is 5.15. The quantitative estimate of drug-likeness (QED) is 0.584. The predicted molar refractivity (Wildman–Crippen MR) is 72.7 cm³/mol. The van der Waals surface area contributed by atoms with Crippen molar-refractivity contribution in [3.05, 3.63) is 24.3 Å². The number of methoxy groups -OCH3 is 1. The highest BCUT2D eigenvalue weighted by molar-refractivity contribution is 7.89. The molecule has 0 radical (unpaired) electrons. The second-order valence-corrected chi connectivity index (χ2v) is 5.84. The maximum absolute atomic E-state index is 12.0. The van der Waals surface area contributed by atoms with Crippen LogP contribution in [0.2, 0.25) is 0 Å². The summed E-state index contributed by atoms with van der Waals surface area (Å²) < 4.78 is 31.6. The van der Waals surface area contributed by atoms with Crippen molar-refractivity contribution in [1.82, 2.24) is 10.0 Å². The van der Waals surface area contributed by atoms with Crippen molar-refractivity contribution in [2.45, 2.75) is 17.9 Å². The van der Waals surface area contributed by atoms with Crippen molar-refractivity contribution in [3.8, 4) is 5.75 Å². The van der Waals surface area contributed by atoms with Crippen LogP contribution in [0.25, 0.3) is 0 Å². The first kappa shape index (κ1) is 15.9. The van der Waals surface area contributed by atoms with Crippen molar-refractivity contribution in [2.75, 3.05) is 26.7 Å². The van der Waals surface area contributed by atoms with Crippen LogP contribution < -0.4 is 14.8 Å². The monoisotopic (exact) mass is 288 g/mol. The molecule has 1 rings (SSSR count). The van der Waals surface area contributed by atoms with Gasteiger partial charge in [-0.1, -0.05) is 12.1 Å². The SMILES string of the molecule is COc1ccccc1S(=O)(=O)NCCNCC(C)O. The maximum Gasteiger partial charge on any atom is 0.244 e. The average molecular weight is 288 g/mol. The van der Waals surface area contributed by atoms with Gasteiger partial charge in [-0.3, -0.25) is 0 Å². The van der Waals surface area contributed by atoms with Crippen LogP contribution >= 0.6 is 0 Å². The molecule has 1 aromatic rings. The highest BCUT2D eigenvalue weighted by Crippen LogP contribution is 2.22. The number of hydrogen-bond donors (Lipinski definition) is 3. The molecule has 0 fully saturated rings. The fourth-order valence-electron chi connectivity index (χ4n) is 1.50. The van der Waals surface area contributed by atoms with Gasteiger partial charge >= 0.3 is 0 Å². The normalized spacial score (nSPS) is 13.2. The molecule has 0 aliphatic heterocycles. The Morgan fingerprint density at radius 3 is 2.63 bits per heavy atom. The first-order valence-corrected chi connectivity index (χ1v) is 7.47. The molecule has 0 saturated carbocycles. The van der Waals surface area contributed by atoms with Gasteiger partial charge in [0, 0.05) is 19.6 Å². The zero-order valence-corrected chi connectivity index (χ0v) is 11.9. The molecule has 0 heterocycles. The third-order valence-corrected chi connectivity index (χ3v) is 3.89. The van der Waals surface area contributed by atoms with Crippen LogP contribution in [0.4, 0.5) is 0 Å². The summed E-state index contributed by atoms with van der Waals surface area (Å²) in [6.07, 6.45) is -0.453. The predicted octanol–water partition coefficient (Wildman–Crippen LogP) is -0.0561. The molecule has 1 atom stereocenters. The minimum Gasteiger partial charge on any atom is -0.495 e. The molecular formula is C12H20N2O4S. The molecule has 6 nitrogen and oxygen atoms in total. The first-order valence-electron chi connectivity index (χ1n) is 5.99. The Labute approximate surface area is 113 Å². The van der Waals surface area contributed by atoms with Gasteiger partial charge in [-0.2, -0.15) is 0 Å². The molecule has 19 heavy (non-hydrogen) atoms. The second-order valence-electron chi connectivity index (χ2n) is 4.10. The van der Waals surface area contributed by atoms with Gasteiger partial charge in [-0.05, 0) is 19.1 Å². The molecule has 3 N–H and O–H groups in total. The van der Waals surface area contributed by atoms with E-state index >= 15 is 0 Å². The summed E-state index contributed by atoms with van der Waals surface area (Å²) in [5, 5.41) is 12.0. The van der Waals surface area contributed by atoms with E-state index in [2.05, 4.69) is 10.0 Å². The lowest BCUT2D eigenvalue weighted by molar-refractivity contribution is 0.192. The number of para-hydroxylation sites is 1. The van der Waals surface area contributed by atoms with E-state index in [-0.39, 0.29) is 11.4 Å². The molecule has 108 valence electrons. The molecule has 0 aromatic heterocycles. The summed E-state index contributed by atoms with van der Waals surface area (Å²) in [7, 11) is -2.15. The van der Waals surface area contributed by atoms with Gasteiger partial charge in [0.1, 0.15) is 10.6 Å². The van der Waals surface area contributed by atoms with Gasteiger partial charge < -0.3 is 15.2 Å². The largest absolute Gasteiger partial charge is 0.495 e. The van der Waals surface area contributed by atoms with Crippen LogP contribution in [0.15, 0.2) is 29.2 Å². The minimum atomic E-state index is -3.58. The van der Waals surface area contributed by atoms with Gasteiger partial charge in [-0.15, -0.1) is 0 Å². The molecule has 0 bridgehead atoms. The Balaban J connectivity index is 2.56. The lowest BCUT2D eigenvalue weighted by Crippen LogP contribution is -2.34. The van der Waals surface area contributed by atoms with Crippen molar-refractivity contribution < 1.29 is 18.3 Å². The number of rotatable bonds is 8. The van der Waals surface area contributed by atoms with Crippen LogP contribution in [0, 0.1) is 0 Å². The Morgan fingerprint density at radius 1 is 1.32 bits per heavy atom. The second kappa shape index (κ2) is 7.44. The molecule has 0 amide bonds. The van der Waals surface area contributed by atoms with Crippen molar-refractivity contribution in [2.24, 2.45) is 0 Å². The van der Waals surface area contributed by atoms with E-state index in [1.165, 1.54) is 13.2 Å². The zero-order valence-electron chi connectivity index (χ0n) is 11.1. The van der Waals surface area contributed by atoms with E-state index in [0.29, 0.717) is 18.8 Å². The Bertz CT molecular complexity index is 488. The molecule has 0 aliphatic carbocycles. The van der Waals surface area contributed by atoms with Crippen LogP contribution in [0.3, 0.4) is 0 Å². The Morgan fingerprint density at radius 2 is 2.00 bits per heavy atom. The van der Waals surface area contributed by atoms with E-state index in [4.69, 9.17) is 9.84 Å². The number of sulfonamides is 1. The van der Waals surface area contributed by atoms with Crippen LogP contribution in [0.1, 0.15) is 6.92 Å². The van der Waals surface area contributed by atoms with Gasteiger partial charge in [0.25, 0.3) is 0 Å². The number of benzene rings is 1. The van der Waals surface area contributed by atoms with E-state index in [9.17, 15) is 8.42 Å². The summed E-state index contributed by atoms with van der Waals surface area (Å²) in [6, 6.07) is 6.44. The van der Waals surface area contributed by atoms with E-state index in [1.807, 2.05) is 0 Å². The average Bonchev–Trinajstić information content (AvgIpc) is 2.37. The fourth-order valence-corrected chi connectivity index (χ4v) is 2.70. The molecule has 0 aliphatic rings. The van der Waals surface area contributed by atoms with Crippen LogP contribution in [0.5, 0.6) is 5.75 Å². The van der Waals surface area contributed by atoms with E-state index in [1.54, 1.807) is 25.1 Å². The van der Waals surface area contributed by atoms with Gasteiger partial charge in [0.2, 0.25) is 10.0 Å². The van der Waals surface area contributed by atoms with Gasteiger partial charge in [0.15, 0.2) is 0 Å². The number of nitrogens with one attached hydrogen (secondary N) is 2. The highest BCUT2D eigenvalue weighted by atomic mass is 32.2. The number of hydrogen-bond acceptors (Lipinski definition) is 5. The number of aliphatic hydroxyl groups excluding tert-OH is 1. The first-order chi connectivity index (χ1) is 8.97. The number of aliphatic hydroxyl groups is 1. The summed E-state index contributed by atoms with van der Waals surface area (Å²) in [5.74, 6) is 0.312. The molecule has 7 heteroatoms. The third-order valence-electron chi connectivity index (χ3n) is 2.39. The highest BCUT2D eigenvalue weighted by Gasteiger charge is 2.17. The standard InChI is InChI=1S/C12H20N2O4S/c1-10(15)9-13-7-8-14-19(16,17)12-6-4-3-5-11(12)18-2/h3-6,10,13-15H,7-9H2,1-2H3. The molecule has 0 spiro atoms. The van der Waals surface area contributed by atoms with E-state index in [0.717, 1.165) is 0 Å². The molecular weight excluding hydrogens is 268 g/mol. The van der Waals surface area contributed by atoms with Crippen LogP contribution in [-0.4, -0.2) is 46.4 Å². The Hall–Kier alpha value is -1.15. The summed E-state index contributed by atoms with van der Waals surface area (Å²) >= 11 is 0. The zero-order chi connectivity index (χ0) is 14.3. The summed E-state index contributed by atoms with van der Waals surface area (Å²) in [6.45, 7) is 2.77. The van der Waals surface area contributed by atoms with Crippen molar-refractivity contribution >= 4 is 10.0 Å². The van der Waals surface area contributed by atoms with Gasteiger partial charge in [-0.25, -0.2) is 13.1 Å². The van der Waals surface area contributed by atoms with Crippen molar-refractivity contribution in [3.63, 3.8) is 0 Å². The summed E-state index contributed by atoms with van der Waals surface area (Å²) in [5.41, 5.74) is 0. The lowest BCUT2D eigenvalue weighted by Gasteiger charge is -2.11. The fraction of sp³-hybridized carbons (Fsp3) is 0.500.